The summed E-state index contributed by atoms with van der Waals surface area (Å²) in [6.45, 7) is 6.47. The third-order valence-corrected chi connectivity index (χ3v) is 9.41. The summed E-state index contributed by atoms with van der Waals surface area (Å²) in [5.74, 6) is -0.197. The quantitative estimate of drug-likeness (QED) is 0.222. The Labute approximate surface area is 274 Å². The summed E-state index contributed by atoms with van der Waals surface area (Å²) in [5, 5.41) is 45.2. The molecular weight excluding hydrogens is 612 g/mol. The van der Waals surface area contributed by atoms with Crippen molar-refractivity contribution in [1.82, 2.24) is 19.7 Å². The number of aryl methyl sites for hydroxylation is 1. The molecule has 0 radical (unpaired) electrons. The van der Waals surface area contributed by atoms with Crippen LogP contribution in [0.15, 0.2) is 48.7 Å². The molecule has 5 atom stereocenters. The third kappa shape index (κ3) is 7.41. The van der Waals surface area contributed by atoms with E-state index in [1.54, 1.807) is 26.0 Å². The van der Waals surface area contributed by atoms with Gasteiger partial charge in [-0.1, -0.05) is 48.0 Å². The number of hydrogen-bond acceptors (Lipinski definition) is 8. The number of aliphatic hydroxyl groups is 4. The first-order valence-corrected chi connectivity index (χ1v) is 16.2. The molecule has 5 rings (SSSR count). The molecular formula is C34H45ClN4O7. The number of carbonyl (C=O) groups excluding carboxylic acids is 2. The maximum Gasteiger partial charge on any atom is 0.247 e. The number of aliphatic hydroxyl groups excluding tert-OH is 4. The Morgan fingerprint density at radius 2 is 1.65 bits per heavy atom. The summed E-state index contributed by atoms with van der Waals surface area (Å²) in [6.07, 6.45) is -2.83. The van der Waals surface area contributed by atoms with E-state index in [4.69, 9.17) is 16.3 Å². The fraction of sp³-hybridized carbons (Fsp3) is 0.529. The minimum absolute atomic E-state index is 0.0541. The molecule has 0 unspecified atom stereocenters. The average Bonchev–Trinajstić information content (AvgIpc) is 3.39. The molecule has 2 amide bonds. The smallest absolute Gasteiger partial charge is 0.247 e. The van der Waals surface area contributed by atoms with Gasteiger partial charge in [0.05, 0.1) is 17.1 Å². The zero-order valence-corrected chi connectivity index (χ0v) is 27.4. The highest BCUT2D eigenvalue weighted by atomic mass is 35.5. The fourth-order valence-electron chi connectivity index (χ4n) is 6.38. The number of benzene rings is 2. The van der Waals surface area contributed by atoms with E-state index in [2.05, 4.69) is 10.2 Å². The van der Waals surface area contributed by atoms with Gasteiger partial charge in [-0.3, -0.25) is 9.59 Å². The van der Waals surface area contributed by atoms with Crippen molar-refractivity contribution in [2.75, 3.05) is 39.8 Å². The molecule has 5 N–H and O–H groups in total. The number of nitrogens with one attached hydrogen (secondary N) is 1. The lowest BCUT2D eigenvalue weighted by Gasteiger charge is -2.40. The van der Waals surface area contributed by atoms with Gasteiger partial charge in [0.25, 0.3) is 0 Å². The van der Waals surface area contributed by atoms with Crippen LogP contribution in [-0.2, 0) is 27.3 Å². The van der Waals surface area contributed by atoms with Gasteiger partial charge in [0, 0.05) is 56.3 Å². The first-order chi connectivity index (χ1) is 21.9. The van der Waals surface area contributed by atoms with E-state index < -0.39 is 42.7 Å². The molecule has 2 saturated heterocycles. The number of carbonyl (C=O) groups is 2. The van der Waals surface area contributed by atoms with Gasteiger partial charge in [0.15, 0.2) is 0 Å². The van der Waals surface area contributed by atoms with Gasteiger partial charge >= 0.3 is 0 Å². The molecule has 3 heterocycles. The van der Waals surface area contributed by atoms with Gasteiger partial charge in [-0.05, 0) is 50.9 Å². The Bertz CT molecular complexity index is 1520. The minimum Gasteiger partial charge on any atom is -0.394 e. The van der Waals surface area contributed by atoms with Crippen LogP contribution in [0, 0.1) is 0 Å². The van der Waals surface area contributed by atoms with E-state index in [0.717, 1.165) is 35.1 Å². The summed E-state index contributed by atoms with van der Waals surface area (Å²) in [7, 11) is 2.04. The van der Waals surface area contributed by atoms with Crippen LogP contribution < -0.4 is 5.32 Å². The Kier molecular flexibility index (Phi) is 10.7. The van der Waals surface area contributed by atoms with Crippen LogP contribution in [0.3, 0.4) is 0 Å². The number of ether oxygens (including phenoxy) is 1. The molecule has 2 fully saturated rings. The number of piperazine rings is 1. The highest BCUT2D eigenvalue weighted by molar-refractivity contribution is 6.35. The minimum atomic E-state index is -1.48. The number of nitrogens with zero attached hydrogens (tertiary/aromatic N) is 3. The van der Waals surface area contributed by atoms with Crippen molar-refractivity contribution in [3.63, 3.8) is 0 Å². The van der Waals surface area contributed by atoms with Gasteiger partial charge in [0.1, 0.15) is 36.1 Å². The molecule has 1 aromatic heterocycles. The molecule has 12 heteroatoms. The van der Waals surface area contributed by atoms with Gasteiger partial charge in [-0.15, -0.1) is 0 Å². The molecule has 250 valence electrons. The number of amides is 2. The molecule has 3 aromatic rings. The van der Waals surface area contributed by atoms with Crippen molar-refractivity contribution < 1.29 is 34.8 Å². The normalized spacial score (nSPS) is 24.3. The predicted molar refractivity (Wildman–Crippen MR) is 174 cm³/mol. The number of likely N-dealkylation sites (N-methyl/N-ethyl adjacent to an activating group) is 1. The molecule has 0 bridgehead atoms. The van der Waals surface area contributed by atoms with E-state index in [9.17, 15) is 30.0 Å². The highest BCUT2D eigenvalue weighted by Crippen LogP contribution is 2.39. The van der Waals surface area contributed by atoms with Crippen molar-refractivity contribution in [3.8, 4) is 0 Å². The molecule has 0 saturated carbocycles. The molecule has 2 aliphatic rings. The number of fused-ring (bicyclic) bond motifs is 1. The van der Waals surface area contributed by atoms with Crippen molar-refractivity contribution in [2.45, 2.75) is 75.7 Å². The Morgan fingerprint density at radius 1 is 0.978 bits per heavy atom. The Hall–Kier alpha value is -3.03. The molecule has 0 spiro atoms. The van der Waals surface area contributed by atoms with Crippen molar-refractivity contribution >= 4 is 34.3 Å². The lowest BCUT2D eigenvalue weighted by molar-refractivity contribution is -0.231. The van der Waals surface area contributed by atoms with E-state index in [0.29, 0.717) is 49.5 Å². The lowest BCUT2D eigenvalue weighted by atomic mass is 9.91. The maximum atomic E-state index is 13.0. The van der Waals surface area contributed by atoms with E-state index >= 15 is 0 Å². The second-order valence-electron chi connectivity index (χ2n) is 13.0. The maximum absolute atomic E-state index is 13.0. The third-order valence-electron chi connectivity index (χ3n) is 9.10. The van der Waals surface area contributed by atoms with Crippen molar-refractivity contribution in [3.05, 3.63) is 70.4 Å². The number of halogens is 1. The van der Waals surface area contributed by atoms with E-state index in [-0.39, 0.29) is 11.8 Å². The fourth-order valence-corrected chi connectivity index (χ4v) is 6.67. The van der Waals surface area contributed by atoms with Gasteiger partial charge < -0.3 is 44.8 Å². The SMILES string of the molecule is CN1CCN(C(=O)C(C)(C)NC(=O)CCCc2ccc(Cn3cc([C@@H]4O[C@H](CO)[C@@H](O)[C@H](O)[C@H]4O)c4cccc(Cl)c43)cc2)CC1. The van der Waals surface area contributed by atoms with Crippen LogP contribution in [0.1, 0.15) is 49.5 Å². The van der Waals surface area contributed by atoms with E-state index in [1.807, 2.05) is 53.0 Å². The monoisotopic (exact) mass is 656 g/mol. The number of aromatic nitrogens is 1. The van der Waals surface area contributed by atoms with Crippen molar-refractivity contribution in [1.29, 1.82) is 0 Å². The largest absolute Gasteiger partial charge is 0.394 e. The Balaban J connectivity index is 1.20. The number of hydrogen-bond donors (Lipinski definition) is 5. The molecule has 2 aliphatic heterocycles. The number of rotatable bonds is 10. The first kappa shape index (κ1) is 34.3. The summed E-state index contributed by atoms with van der Waals surface area (Å²) < 4.78 is 7.81. The Morgan fingerprint density at radius 3 is 2.33 bits per heavy atom. The number of para-hydroxylation sites is 1. The predicted octanol–water partition coefficient (Wildman–Crippen LogP) is 1.85. The van der Waals surface area contributed by atoms with Crippen LogP contribution in [0.25, 0.3) is 10.9 Å². The second kappa shape index (κ2) is 14.4. The molecule has 0 aliphatic carbocycles. The second-order valence-corrected chi connectivity index (χ2v) is 13.4. The topological polar surface area (TPSA) is 148 Å². The lowest BCUT2D eigenvalue weighted by Crippen LogP contribution is -2.59. The summed E-state index contributed by atoms with van der Waals surface area (Å²) >= 11 is 6.63. The molecule has 46 heavy (non-hydrogen) atoms. The highest BCUT2D eigenvalue weighted by Gasteiger charge is 2.45. The van der Waals surface area contributed by atoms with Crippen LogP contribution >= 0.6 is 11.6 Å². The van der Waals surface area contributed by atoms with Gasteiger partial charge in [-0.2, -0.15) is 0 Å². The summed E-state index contributed by atoms with van der Waals surface area (Å²) in [6, 6.07) is 13.5. The van der Waals surface area contributed by atoms with Crippen LogP contribution in [0.5, 0.6) is 0 Å². The summed E-state index contributed by atoms with van der Waals surface area (Å²) in [4.78, 5) is 29.7. The summed E-state index contributed by atoms with van der Waals surface area (Å²) in [5.41, 5.74) is 2.46. The zero-order chi connectivity index (χ0) is 33.2. The average molecular weight is 657 g/mol. The van der Waals surface area contributed by atoms with Gasteiger partial charge in [-0.25, -0.2) is 0 Å². The van der Waals surface area contributed by atoms with E-state index in [1.165, 1.54) is 0 Å². The molecule has 11 nitrogen and oxygen atoms in total. The molecule has 2 aromatic carbocycles. The van der Waals surface area contributed by atoms with Gasteiger partial charge in [0.2, 0.25) is 11.8 Å². The standard InChI is InChI=1S/C34H45ClN4O7/c1-34(2,33(45)38-16-14-37(3)15-17-38)36-27(41)9-4-6-21-10-12-22(13-11-21)18-39-19-24(23-7-5-8-25(35)28(23)39)32-31(44)30(43)29(42)26(20-40)46-32/h5,7-8,10-13,19,26,29-32,40,42-44H,4,6,9,14-18,20H2,1-3H3,(H,36,41)/t26-,29-,30+,31-,32+/m1/s1. The zero-order valence-electron chi connectivity index (χ0n) is 26.6. The van der Waals surface area contributed by atoms with Crippen LogP contribution in [0.4, 0.5) is 0 Å². The van der Waals surface area contributed by atoms with Crippen LogP contribution in [-0.4, -0.2) is 116 Å². The van der Waals surface area contributed by atoms with Crippen LogP contribution in [0.2, 0.25) is 5.02 Å². The first-order valence-electron chi connectivity index (χ1n) is 15.8. The van der Waals surface area contributed by atoms with Crippen molar-refractivity contribution in [2.24, 2.45) is 0 Å².